The van der Waals surface area contributed by atoms with E-state index in [4.69, 9.17) is 4.74 Å². The topological polar surface area (TPSA) is 42.1 Å². The fraction of sp³-hybridized carbons (Fsp3) is 0.267. The number of H-pyrrole nitrogens is 1. The lowest BCUT2D eigenvalue weighted by molar-refractivity contribution is 0.103. The van der Waals surface area contributed by atoms with E-state index in [0.717, 1.165) is 11.1 Å². The molecular formula is C15H17NO2. The van der Waals surface area contributed by atoms with Crippen LogP contribution in [0.2, 0.25) is 0 Å². The molecule has 0 bridgehead atoms. The molecule has 0 aliphatic carbocycles. The average Bonchev–Trinajstić information content (AvgIpc) is 2.68. The summed E-state index contributed by atoms with van der Waals surface area (Å²) in [4.78, 5) is 15.4. The number of hydrogen-bond acceptors (Lipinski definition) is 2. The van der Waals surface area contributed by atoms with Crippen LogP contribution < -0.4 is 4.74 Å². The van der Waals surface area contributed by atoms with Gasteiger partial charge in [-0.25, -0.2) is 0 Å². The van der Waals surface area contributed by atoms with Crippen LogP contribution in [0.5, 0.6) is 5.88 Å². The summed E-state index contributed by atoms with van der Waals surface area (Å²) < 4.78 is 5.48. The number of aromatic amines is 1. The van der Waals surface area contributed by atoms with Crippen molar-refractivity contribution in [2.45, 2.75) is 20.8 Å². The van der Waals surface area contributed by atoms with Crippen molar-refractivity contribution in [1.82, 2.24) is 4.98 Å². The van der Waals surface area contributed by atoms with Gasteiger partial charge in [0, 0.05) is 11.1 Å². The van der Waals surface area contributed by atoms with Gasteiger partial charge in [0.25, 0.3) is 0 Å². The molecule has 0 radical (unpaired) electrons. The Morgan fingerprint density at radius 1 is 1.17 bits per heavy atom. The number of nitrogens with one attached hydrogen (secondary N) is 1. The Morgan fingerprint density at radius 2 is 1.83 bits per heavy atom. The lowest BCUT2D eigenvalue weighted by Crippen LogP contribution is -2.03. The van der Waals surface area contributed by atoms with Crippen LogP contribution in [-0.4, -0.2) is 17.4 Å². The Morgan fingerprint density at radius 3 is 2.44 bits per heavy atom. The van der Waals surface area contributed by atoms with Gasteiger partial charge in [-0.3, -0.25) is 4.79 Å². The van der Waals surface area contributed by atoms with Crippen molar-refractivity contribution < 1.29 is 9.53 Å². The number of ether oxygens (including phenoxy) is 1. The molecular weight excluding hydrogens is 226 g/mol. The third kappa shape index (κ3) is 2.16. The zero-order valence-electron chi connectivity index (χ0n) is 10.9. The van der Waals surface area contributed by atoms with Crippen LogP contribution >= 0.6 is 0 Å². The maximum absolute atomic E-state index is 12.4. The van der Waals surface area contributed by atoms with Gasteiger partial charge in [0.15, 0.2) is 5.88 Å². The van der Waals surface area contributed by atoms with Gasteiger partial charge in [-0.2, -0.15) is 0 Å². The summed E-state index contributed by atoms with van der Waals surface area (Å²) in [7, 11) is 0. The quantitative estimate of drug-likeness (QED) is 0.837. The molecule has 0 saturated carbocycles. The van der Waals surface area contributed by atoms with Crippen LogP contribution in [0.3, 0.4) is 0 Å². The van der Waals surface area contributed by atoms with Crippen LogP contribution in [0.25, 0.3) is 0 Å². The summed E-state index contributed by atoms with van der Waals surface area (Å²) in [5, 5.41) is 0. The number of benzene rings is 1. The van der Waals surface area contributed by atoms with E-state index in [1.807, 2.05) is 51.1 Å². The van der Waals surface area contributed by atoms with E-state index in [0.29, 0.717) is 23.7 Å². The van der Waals surface area contributed by atoms with Gasteiger partial charge in [-0.15, -0.1) is 0 Å². The first-order chi connectivity index (χ1) is 8.65. The van der Waals surface area contributed by atoms with Crippen LogP contribution in [-0.2, 0) is 0 Å². The second-order valence-corrected chi connectivity index (χ2v) is 4.21. The summed E-state index contributed by atoms with van der Waals surface area (Å²) in [6.45, 7) is 6.40. The fourth-order valence-corrected chi connectivity index (χ4v) is 1.91. The summed E-state index contributed by atoms with van der Waals surface area (Å²) in [5.41, 5.74) is 3.25. The van der Waals surface area contributed by atoms with Crippen LogP contribution in [0.1, 0.15) is 34.1 Å². The third-order valence-electron chi connectivity index (χ3n) is 3.07. The van der Waals surface area contributed by atoms with Crippen molar-refractivity contribution in [3.05, 3.63) is 52.7 Å². The lowest BCUT2D eigenvalue weighted by atomic mass is 10.0. The molecule has 0 atom stereocenters. The van der Waals surface area contributed by atoms with E-state index in [1.54, 1.807) is 0 Å². The number of carbonyl (C=O) groups is 1. The number of aromatic nitrogens is 1. The Hall–Kier alpha value is -2.03. The molecule has 2 aromatic rings. The summed E-state index contributed by atoms with van der Waals surface area (Å²) >= 11 is 0. The molecule has 0 amide bonds. The Kier molecular flexibility index (Phi) is 3.51. The minimum Gasteiger partial charge on any atom is -0.479 e. The van der Waals surface area contributed by atoms with E-state index < -0.39 is 0 Å². The zero-order chi connectivity index (χ0) is 13.1. The van der Waals surface area contributed by atoms with Crippen molar-refractivity contribution in [2.24, 2.45) is 0 Å². The lowest BCUT2D eigenvalue weighted by Gasteiger charge is -2.00. The molecule has 1 N–H and O–H groups in total. The second kappa shape index (κ2) is 5.08. The highest BCUT2D eigenvalue weighted by Crippen LogP contribution is 2.25. The normalized spacial score (nSPS) is 10.4. The maximum atomic E-state index is 12.4. The number of ketones is 1. The Labute approximate surface area is 107 Å². The molecule has 1 aromatic carbocycles. The molecule has 18 heavy (non-hydrogen) atoms. The molecule has 0 unspecified atom stereocenters. The third-order valence-corrected chi connectivity index (χ3v) is 3.07. The van der Waals surface area contributed by atoms with Gasteiger partial charge in [0.05, 0.1) is 12.3 Å². The molecule has 94 valence electrons. The van der Waals surface area contributed by atoms with Gasteiger partial charge in [-0.05, 0) is 26.3 Å². The number of carbonyl (C=O) groups excluding carboxylic acids is 1. The first-order valence-corrected chi connectivity index (χ1v) is 6.06. The van der Waals surface area contributed by atoms with Crippen LogP contribution in [0.4, 0.5) is 0 Å². The number of hydrogen-bond donors (Lipinski definition) is 1. The van der Waals surface area contributed by atoms with Gasteiger partial charge in [0.2, 0.25) is 5.78 Å². The van der Waals surface area contributed by atoms with Gasteiger partial charge >= 0.3 is 0 Å². The highest BCUT2D eigenvalue weighted by atomic mass is 16.5. The minimum absolute atomic E-state index is 0.00199. The molecule has 1 aromatic heterocycles. The van der Waals surface area contributed by atoms with Gasteiger partial charge < -0.3 is 9.72 Å². The summed E-state index contributed by atoms with van der Waals surface area (Å²) in [5.74, 6) is 0.691. The summed E-state index contributed by atoms with van der Waals surface area (Å²) in [6, 6.07) is 9.26. The molecule has 0 spiro atoms. The molecule has 0 fully saturated rings. The number of rotatable bonds is 4. The van der Waals surface area contributed by atoms with E-state index in [-0.39, 0.29) is 5.78 Å². The molecule has 2 rings (SSSR count). The van der Waals surface area contributed by atoms with Crippen LogP contribution in [0, 0.1) is 13.8 Å². The predicted molar refractivity (Wildman–Crippen MR) is 71.3 cm³/mol. The van der Waals surface area contributed by atoms with E-state index in [9.17, 15) is 4.79 Å². The zero-order valence-corrected chi connectivity index (χ0v) is 10.9. The Bertz CT molecular complexity index is 555. The standard InChI is InChI=1S/C15H17NO2/c1-4-18-15-11(3)10(2)13(16-15)14(17)12-8-6-5-7-9-12/h5-9,16H,4H2,1-3H3. The highest BCUT2D eigenvalue weighted by molar-refractivity contribution is 6.09. The molecule has 0 aliphatic heterocycles. The molecule has 0 saturated heterocycles. The fourth-order valence-electron chi connectivity index (χ4n) is 1.91. The predicted octanol–water partition coefficient (Wildman–Crippen LogP) is 3.26. The second-order valence-electron chi connectivity index (χ2n) is 4.21. The molecule has 1 heterocycles. The SMILES string of the molecule is CCOc1[nH]c(C(=O)c2ccccc2)c(C)c1C. The molecule has 3 nitrogen and oxygen atoms in total. The van der Waals surface area contributed by atoms with Crippen molar-refractivity contribution in [3.63, 3.8) is 0 Å². The van der Waals surface area contributed by atoms with Gasteiger partial charge in [0.1, 0.15) is 0 Å². The van der Waals surface area contributed by atoms with Crippen molar-refractivity contribution >= 4 is 5.78 Å². The van der Waals surface area contributed by atoms with E-state index in [1.165, 1.54) is 0 Å². The first-order valence-electron chi connectivity index (χ1n) is 6.06. The van der Waals surface area contributed by atoms with Crippen molar-refractivity contribution in [1.29, 1.82) is 0 Å². The van der Waals surface area contributed by atoms with E-state index in [2.05, 4.69) is 4.98 Å². The first kappa shape index (κ1) is 12.4. The maximum Gasteiger partial charge on any atom is 0.209 e. The van der Waals surface area contributed by atoms with E-state index >= 15 is 0 Å². The Balaban J connectivity index is 2.40. The smallest absolute Gasteiger partial charge is 0.209 e. The summed E-state index contributed by atoms with van der Waals surface area (Å²) in [6.07, 6.45) is 0. The largest absolute Gasteiger partial charge is 0.479 e. The van der Waals surface area contributed by atoms with Crippen LogP contribution in [0.15, 0.2) is 30.3 Å². The minimum atomic E-state index is 0.00199. The monoisotopic (exact) mass is 243 g/mol. The van der Waals surface area contributed by atoms with Crippen molar-refractivity contribution in [2.75, 3.05) is 6.61 Å². The highest BCUT2D eigenvalue weighted by Gasteiger charge is 2.18. The molecule has 0 aliphatic rings. The molecule has 3 heteroatoms. The van der Waals surface area contributed by atoms with Crippen molar-refractivity contribution in [3.8, 4) is 5.88 Å². The van der Waals surface area contributed by atoms with Gasteiger partial charge in [-0.1, -0.05) is 30.3 Å². The average molecular weight is 243 g/mol.